The summed E-state index contributed by atoms with van der Waals surface area (Å²) < 4.78 is 5.15. The van der Waals surface area contributed by atoms with Gasteiger partial charge in [-0.3, -0.25) is 9.59 Å². The monoisotopic (exact) mass is 312 g/mol. The second-order valence-corrected chi connectivity index (χ2v) is 5.18. The Bertz CT molecular complexity index is 726. The van der Waals surface area contributed by atoms with E-state index in [2.05, 4.69) is 10.6 Å². The van der Waals surface area contributed by atoms with Gasteiger partial charge in [0.15, 0.2) is 5.78 Å². The first-order valence-corrected chi connectivity index (χ1v) is 7.29. The van der Waals surface area contributed by atoms with Crippen LogP contribution in [-0.4, -0.2) is 25.3 Å². The first-order valence-electron chi connectivity index (χ1n) is 7.29. The Kier molecular flexibility index (Phi) is 5.36. The number of methoxy groups -OCH3 is 1. The van der Waals surface area contributed by atoms with Gasteiger partial charge in [-0.1, -0.05) is 12.1 Å². The summed E-state index contributed by atoms with van der Waals surface area (Å²) in [6.07, 6.45) is 0. The van der Waals surface area contributed by atoms with Crippen molar-refractivity contribution >= 4 is 23.1 Å². The van der Waals surface area contributed by atoms with Gasteiger partial charge in [0.2, 0.25) is 5.91 Å². The van der Waals surface area contributed by atoms with Crippen molar-refractivity contribution in [1.82, 2.24) is 0 Å². The highest BCUT2D eigenvalue weighted by atomic mass is 16.5. The highest BCUT2D eigenvalue weighted by Crippen LogP contribution is 2.21. The highest BCUT2D eigenvalue weighted by molar-refractivity contribution is 6.04. The fraction of sp³-hybridized carbons (Fsp3) is 0.222. The lowest BCUT2D eigenvalue weighted by atomic mass is 10.1. The smallest absolute Gasteiger partial charge is 0.243 e. The third kappa shape index (κ3) is 4.32. The van der Waals surface area contributed by atoms with Gasteiger partial charge >= 0.3 is 0 Å². The molecule has 23 heavy (non-hydrogen) atoms. The molecule has 5 nitrogen and oxygen atoms in total. The average Bonchev–Trinajstić information content (AvgIpc) is 2.54. The second kappa shape index (κ2) is 7.45. The summed E-state index contributed by atoms with van der Waals surface area (Å²) in [5, 5.41) is 5.84. The minimum atomic E-state index is -0.214. The van der Waals surface area contributed by atoms with Crippen LogP contribution in [0.25, 0.3) is 0 Å². The second-order valence-electron chi connectivity index (χ2n) is 5.18. The molecule has 0 heterocycles. The van der Waals surface area contributed by atoms with Crippen molar-refractivity contribution in [2.75, 3.05) is 24.3 Å². The molecule has 0 radical (unpaired) electrons. The number of carbonyl (C=O) groups is 2. The maximum atomic E-state index is 12.1. The van der Waals surface area contributed by atoms with Crippen LogP contribution in [0.3, 0.4) is 0 Å². The van der Waals surface area contributed by atoms with Gasteiger partial charge in [0.05, 0.1) is 19.3 Å². The SMILES string of the molecule is COc1ccc(NCC(=O)Nc2ccccc2C(C)=O)c(C)c1. The molecule has 0 aliphatic rings. The van der Waals surface area contributed by atoms with Crippen LogP contribution in [0.15, 0.2) is 42.5 Å². The van der Waals surface area contributed by atoms with Crippen LogP contribution in [0.5, 0.6) is 5.75 Å². The Morgan fingerprint density at radius 1 is 1.09 bits per heavy atom. The van der Waals surface area contributed by atoms with Gasteiger partial charge in [0.25, 0.3) is 0 Å². The van der Waals surface area contributed by atoms with Gasteiger partial charge in [-0.05, 0) is 49.7 Å². The molecule has 2 N–H and O–H groups in total. The molecule has 0 saturated carbocycles. The number of benzene rings is 2. The minimum Gasteiger partial charge on any atom is -0.497 e. The van der Waals surface area contributed by atoms with Crippen molar-refractivity contribution in [3.63, 3.8) is 0 Å². The van der Waals surface area contributed by atoms with Crippen molar-refractivity contribution in [2.45, 2.75) is 13.8 Å². The van der Waals surface area contributed by atoms with E-state index in [-0.39, 0.29) is 18.2 Å². The summed E-state index contributed by atoms with van der Waals surface area (Å²) in [5.41, 5.74) is 2.88. The fourth-order valence-electron chi connectivity index (χ4n) is 2.23. The van der Waals surface area contributed by atoms with E-state index in [0.717, 1.165) is 17.0 Å². The van der Waals surface area contributed by atoms with Gasteiger partial charge < -0.3 is 15.4 Å². The molecule has 5 heteroatoms. The molecule has 2 aromatic carbocycles. The molecular weight excluding hydrogens is 292 g/mol. The van der Waals surface area contributed by atoms with E-state index in [1.54, 1.807) is 31.4 Å². The van der Waals surface area contributed by atoms with Crippen LogP contribution < -0.4 is 15.4 Å². The number of carbonyl (C=O) groups excluding carboxylic acids is 2. The third-order valence-electron chi connectivity index (χ3n) is 3.45. The summed E-state index contributed by atoms with van der Waals surface area (Å²) in [4.78, 5) is 23.6. The number of hydrogen-bond acceptors (Lipinski definition) is 4. The Morgan fingerprint density at radius 2 is 1.83 bits per heavy atom. The van der Waals surface area contributed by atoms with E-state index in [0.29, 0.717) is 11.3 Å². The van der Waals surface area contributed by atoms with Gasteiger partial charge in [-0.25, -0.2) is 0 Å². The van der Waals surface area contributed by atoms with Crippen LogP contribution in [0, 0.1) is 6.92 Å². The Balaban J connectivity index is 2.00. The fourth-order valence-corrected chi connectivity index (χ4v) is 2.23. The molecule has 0 aliphatic carbocycles. The number of rotatable bonds is 6. The first-order chi connectivity index (χ1) is 11.0. The summed E-state index contributed by atoms with van der Waals surface area (Å²) in [6, 6.07) is 12.6. The number of amides is 1. The van der Waals surface area contributed by atoms with Gasteiger partial charge in [-0.2, -0.15) is 0 Å². The molecule has 0 aromatic heterocycles. The number of aryl methyl sites for hydroxylation is 1. The normalized spacial score (nSPS) is 10.0. The summed E-state index contributed by atoms with van der Waals surface area (Å²) in [6.45, 7) is 3.52. The predicted molar refractivity (Wildman–Crippen MR) is 91.3 cm³/mol. The van der Waals surface area contributed by atoms with Crippen molar-refractivity contribution in [3.05, 3.63) is 53.6 Å². The van der Waals surface area contributed by atoms with Crippen LogP contribution in [0.1, 0.15) is 22.8 Å². The first kappa shape index (κ1) is 16.5. The number of Topliss-reactive ketones (excluding diaryl/α,β-unsaturated/α-hetero) is 1. The zero-order valence-electron chi connectivity index (χ0n) is 13.5. The van der Waals surface area contributed by atoms with E-state index >= 15 is 0 Å². The van der Waals surface area contributed by atoms with Crippen LogP contribution in [-0.2, 0) is 4.79 Å². The van der Waals surface area contributed by atoms with Crippen molar-refractivity contribution in [3.8, 4) is 5.75 Å². The van der Waals surface area contributed by atoms with Gasteiger partial charge in [0, 0.05) is 11.3 Å². The average molecular weight is 312 g/mol. The lowest BCUT2D eigenvalue weighted by Crippen LogP contribution is -2.23. The molecular formula is C18H20N2O3. The third-order valence-corrected chi connectivity index (χ3v) is 3.45. The zero-order valence-corrected chi connectivity index (χ0v) is 13.5. The molecule has 0 spiro atoms. The van der Waals surface area contributed by atoms with E-state index in [4.69, 9.17) is 4.74 Å². The van der Waals surface area contributed by atoms with Crippen molar-refractivity contribution in [2.24, 2.45) is 0 Å². The molecule has 0 bridgehead atoms. The van der Waals surface area contributed by atoms with E-state index in [1.165, 1.54) is 6.92 Å². The van der Waals surface area contributed by atoms with Crippen LogP contribution >= 0.6 is 0 Å². The highest BCUT2D eigenvalue weighted by Gasteiger charge is 2.10. The quantitative estimate of drug-likeness (QED) is 0.803. The molecule has 2 aromatic rings. The van der Waals surface area contributed by atoms with Crippen molar-refractivity contribution in [1.29, 1.82) is 0 Å². The number of hydrogen-bond donors (Lipinski definition) is 2. The maximum absolute atomic E-state index is 12.1. The zero-order chi connectivity index (χ0) is 16.8. The summed E-state index contributed by atoms with van der Waals surface area (Å²) in [7, 11) is 1.61. The van der Waals surface area contributed by atoms with Gasteiger partial charge in [0.1, 0.15) is 5.75 Å². The molecule has 0 aliphatic heterocycles. The lowest BCUT2D eigenvalue weighted by molar-refractivity contribution is -0.114. The van der Waals surface area contributed by atoms with E-state index in [9.17, 15) is 9.59 Å². The molecule has 0 unspecified atom stereocenters. The molecule has 120 valence electrons. The molecule has 0 fully saturated rings. The number of nitrogens with one attached hydrogen (secondary N) is 2. The number of anilines is 2. The number of para-hydroxylation sites is 1. The predicted octanol–water partition coefficient (Wildman–Crippen LogP) is 3.26. The van der Waals surface area contributed by atoms with Crippen molar-refractivity contribution < 1.29 is 14.3 Å². The van der Waals surface area contributed by atoms with Gasteiger partial charge in [-0.15, -0.1) is 0 Å². The maximum Gasteiger partial charge on any atom is 0.243 e. The Hall–Kier alpha value is -2.82. The van der Waals surface area contributed by atoms with E-state index < -0.39 is 0 Å². The topological polar surface area (TPSA) is 67.4 Å². The van der Waals surface area contributed by atoms with Crippen LogP contribution in [0.2, 0.25) is 0 Å². The standard InChI is InChI=1S/C18H20N2O3/c1-12-10-14(23-3)8-9-16(12)19-11-18(22)20-17-7-5-4-6-15(17)13(2)21/h4-10,19H,11H2,1-3H3,(H,20,22). The van der Waals surface area contributed by atoms with Crippen LogP contribution in [0.4, 0.5) is 11.4 Å². The number of ketones is 1. The lowest BCUT2D eigenvalue weighted by Gasteiger charge is -2.12. The minimum absolute atomic E-state index is 0.0835. The summed E-state index contributed by atoms with van der Waals surface area (Å²) in [5.74, 6) is 0.474. The summed E-state index contributed by atoms with van der Waals surface area (Å²) >= 11 is 0. The molecule has 0 atom stereocenters. The Morgan fingerprint density at radius 3 is 2.48 bits per heavy atom. The largest absolute Gasteiger partial charge is 0.497 e. The van der Waals surface area contributed by atoms with E-state index in [1.807, 2.05) is 25.1 Å². The molecule has 1 amide bonds. The Labute approximate surface area is 135 Å². The molecule has 2 rings (SSSR count). The number of ether oxygens (including phenoxy) is 1. The molecule has 0 saturated heterocycles.